The Morgan fingerprint density at radius 3 is 2.81 bits per heavy atom. The van der Waals surface area contributed by atoms with Crippen LogP contribution in [0.15, 0.2) is 5.16 Å². The van der Waals surface area contributed by atoms with Crippen LogP contribution in [-0.4, -0.2) is 32.7 Å². The van der Waals surface area contributed by atoms with Crippen LogP contribution >= 0.6 is 11.8 Å². The molecule has 1 atom stereocenters. The molecule has 1 saturated heterocycles. The lowest BCUT2D eigenvalue weighted by atomic mass is 10.4. The fourth-order valence-electron chi connectivity index (χ4n) is 1.70. The summed E-state index contributed by atoms with van der Waals surface area (Å²) in [5.41, 5.74) is 0. The predicted octanol–water partition coefficient (Wildman–Crippen LogP) is 0.277. The van der Waals surface area contributed by atoms with Crippen molar-refractivity contribution >= 4 is 17.7 Å². The highest BCUT2D eigenvalue weighted by Gasteiger charge is 2.33. The fraction of sp³-hybridized carbons (Fsp3) is 0.667. The van der Waals surface area contributed by atoms with E-state index in [0.717, 1.165) is 25.1 Å². The van der Waals surface area contributed by atoms with E-state index in [-0.39, 0.29) is 11.2 Å². The molecule has 0 aromatic carbocycles. The Balaban J connectivity index is 1.76. The summed E-state index contributed by atoms with van der Waals surface area (Å²) in [5.74, 6) is 7.00. The van der Waals surface area contributed by atoms with Crippen LogP contribution in [0.5, 0.6) is 0 Å². The molecule has 1 aromatic heterocycles. The van der Waals surface area contributed by atoms with Crippen molar-refractivity contribution in [1.29, 1.82) is 0 Å². The number of carbonyl (C=O) groups excluding carboxylic acids is 1. The van der Waals surface area contributed by atoms with Crippen molar-refractivity contribution in [2.24, 2.45) is 0 Å². The van der Waals surface area contributed by atoms with E-state index in [4.69, 9.17) is 10.6 Å². The number of nitrogens with two attached hydrogens (primary N) is 1. The molecule has 1 aliphatic heterocycles. The summed E-state index contributed by atoms with van der Waals surface area (Å²) >= 11 is 1.34. The normalized spacial score (nSPS) is 24.8. The van der Waals surface area contributed by atoms with Gasteiger partial charge in [0.15, 0.2) is 5.82 Å². The van der Waals surface area contributed by atoms with Crippen LogP contribution in [0.1, 0.15) is 31.0 Å². The summed E-state index contributed by atoms with van der Waals surface area (Å²) in [6.45, 7) is 0.491. The molecule has 2 aliphatic rings. The average Bonchev–Trinajstić information content (AvgIpc) is 2.94. The first-order valence-corrected chi connectivity index (χ1v) is 6.17. The number of nitrogen functional groups attached to an aromatic ring is 1. The number of thioether (sulfide) groups is 1. The smallest absolute Gasteiger partial charge is 0.319 e. The molecule has 0 spiro atoms. The molecule has 86 valence electrons. The molecular weight excluding hydrogens is 228 g/mol. The minimum atomic E-state index is -0.182. The summed E-state index contributed by atoms with van der Waals surface area (Å²) in [4.78, 5) is 11.3. The van der Waals surface area contributed by atoms with Crippen LogP contribution in [0, 0.1) is 0 Å². The molecule has 6 nitrogen and oxygen atoms in total. The second kappa shape index (κ2) is 3.65. The van der Waals surface area contributed by atoms with Gasteiger partial charge in [-0.25, -0.2) is 4.68 Å². The number of aromatic nitrogens is 3. The minimum Gasteiger partial charge on any atom is -0.465 e. The van der Waals surface area contributed by atoms with Crippen molar-refractivity contribution in [3.05, 3.63) is 5.82 Å². The van der Waals surface area contributed by atoms with Crippen LogP contribution in [0.2, 0.25) is 0 Å². The molecule has 7 heteroatoms. The molecule has 3 rings (SSSR count). The highest BCUT2D eigenvalue weighted by Crippen LogP contribution is 2.39. The molecule has 0 radical (unpaired) electrons. The number of ether oxygens (including phenoxy) is 1. The Morgan fingerprint density at radius 2 is 2.19 bits per heavy atom. The number of esters is 1. The predicted molar refractivity (Wildman–Crippen MR) is 57.4 cm³/mol. The highest BCUT2D eigenvalue weighted by molar-refractivity contribution is 8.00. The summed E-state index contributed by atoms with van der Waals surface area (Å²) in [6.07, 6.45) is 2.98. The van der Waals surface area contributed by atoms with Gasteiger partial charge < -0.3 is 10.6 Å². The Bertz CT molecular complexity index is 429. The van der Waals surface area contributed by atoms with E-state index in [1.54, 1.807) is 0 Å². The molecule has 1 saturated carbocycles. The van der Waals surface area contributed by atoms with Crippen LogP contribution in [0.3, 0.4) is 0 Å². The molecule has 0 unspecified atom stereocenters. The largest absolute Gasteiger partial charge is 0.465 e. The SMILES string of the molecule is Nn1c(S[C@@H]2CCOC2=O)nnc1C1CC1. The Hall–Kier alpha value is -1.24. The van der Waals surface area contributed by atoms with E-state index >= 15 is 0 Å². The summed E-state index contributed by atoms with van der Waals surface area (Å²) < 4.78 is 6.39. The summed E-state index contributed by atoms with van der Waals surface area (Å²) in [5, 5.41) is 8.50. The van der Waals surface area contributed by atoms with Crippen molar-refractivity contribution < 1.29 is 9.53 Å². The van der Waals surface area contributed by atoms with Gasteiger partial charge in [0.1, 0.15) is 5.25 Å². The third-order valence-electron chi connectivity index (χ3n) is 2.77. The first kappa shape index (κ1) is 9.95. The Morgan fingerprint density at radius 1 is 1.38 bits per heavy atom. The average molecular weight is 240 g/mol. The maximum absolute atomic E-state index is 11.3. The van der Waals surface area contributed by atoms with Crippen molar-refractivity contribution in [1.82, 2.24) is 14.9 Å². The molecule has 0 bridgehead atoms. The summed E-state index contributed by atoms with van der Waals surface area (Å²) in [6, 6.07) is 0. The van der Waals surface area contributed by atoms with Gasteiger partial charge in [0.05, 0.1) is 6.61 Å². The minimum absolute atomic E-state index is 0.180. The van der Waals surface area contributed by atoms with Crippen molar-refractivity contribution in [2.75, 3.05) is 12.4 Å². The number of hydrogen-bond acceptors (Lipinski definition) is 6. The maximum Gasteiger partial charge on any atom is 0.319 e. The second-order valence-electron chi connectivity index (χ2n) is 4.05. The molecule has 1 aliphatic carbocycles. The number of cyclic esters (lactones) is 1. The van der Waals surface area contributed by atoms with E-state index in [2.05, 4.69) is 10.2 Å². The second-order valence-corrected chi connectivity index (χ2v) is 5.22. The zero-order valence-electron chi connectivity index (χ0n) is 8.63. The zero-order chi connectivity index (χ0) is 11.1. The molecule has 2 heterocycles. The quantitative estimate of drug-likeness (QED) is 0.603. The molecule has 0 amide bonds. The third kappa shape index (κ3) is 1.64. The number of carbonyl (C=O) groups is 1. The lowest BCUT2D eigenvalue weighted by molar-refractivity contribution is -0.137. The molecule has 2 N–H and O–H groups in total. The van der Waals surface area contributed by atoms with Crippen LogP contribution in [0.25, 0.3) is 0 Å². The van der Waals surface area contributed by atoms with Gasteiger partial charge in [0, 0.05) is 12.3 Å². The van der Waals surface area contributed by atoms with Gasteiger partial charge in [-0.3, -0.25) is 4.79 Å². The number of nitrogens with zero attached hydrogens (tertiary/aromatic N) is 3. The third-order valence-corrected chi connectivity index (χ3v) is 3.97. The van der Waals surface area contributed by atoms with Gasteiger partial charge in [-0.2, -0.15) is 0 Å². The van der Waals surface area contributed by atoms with Gasteiger partial charge in [0.2, 0.25) is 5.16 Å². The monoisotopic (exact) mass is 240 g/mol. The summed E-state index contributed by atoms with van der Waals surface area (Å²) in [7, 11) is 0. The van der Waals surface area contributed by atoms with Gasteiger partial charge in [0.25, 0.3) is 0 Å². The lowest BCUT2D eigenvalue weighted by Crippen LogP contribution is -2.16. The van der Waals surface area contributed by atoms with E-state index in [9.17, 15) is 4.79 Å². The number of hydrogen-bond donors (Lipinski definition) is 1. The van der Waals surface area contributed by atoms with E-state index < -0.39 is 0 Å². The topological polar surface area (TPSA) is 83.0 Å². The van der Waals surface area contributed by atoms with E-state index in [1.165, 1.54) is 16.4 Å². The Kier molecular flexibility index (Phi) is 2.27. The fourth-order valence-corrected chi connectivity index (χ4v) is 2.63. The first-order valence-electron chi connectivity index (χ1n) is 5.29. The Labute approximate surface area is 96.5 Å². The van der Waals surface area contributed by atoms with E-state index in [0.29, 0.717) is 17.7 Å². The van der Waals surface area contributed by atoms with Gasteiger partial charge >= 0.3 is 5.97 Å². The zero-order valence-corrected chi connectivity index (χ0v) is 9.44. The van der Waals surface area contributed by atoms with Gasteiger partial charge in [-0.15, -0.1) is 10.2 Å². The van der Waals surface area contributed by atoms with Gasteiger partial charge in [-0.1, -0.05) is 11.8 Å². The molecular formula is C9H12N4O2S. The van der Waals surface area contributed by atoms with Crippen molar-refractivity contribution in [3.8, 4) is 0 Å². The first-order chi connectivity index (χ1) is 7.75. The van der Waals surface area contributed by atoms with E-state index in [1.807, 2.05) is 0 Å². The van der Waals surface area contributed by atoms with Crippen molar-refractivity contribution in [3.63, 3.8) is 0 Å². The molecule has 16 heavy (non-hydrogen) atoms. The van der Waals surface area contributed by atoms with Crippen molar-refractivity contribution in [2.45, 2.75) is 35.6 Å². The van der Waals surface area contributed by atoms with Crippen LogP contribution in [-0.2, 0) is 9.53 Å². The lowest BCUT2D eigenvalue weighted by Gasteiger charge is -2.04. The molecule has 1 aromatic rings. The van der Waals surface area contributed by atoms with Gasteiger partial charge in [-0.05, 0) is 12.8 Å². The van der Waals surface area contributed by atoms with Crippen LogP contribution in [0.4, 0.5) is 0 Å². The molecule has 2 fully saturated rings. The highest BCUT2D eigenvalue weighted by atomic mass is 32.2. The van der Waals surface area contributed by atoms with Crippen LogP contribution < -0.4 is 5.84 Å². The number of rotatable bonds is 3. The standard InChI is InChI=1S/C9H12N4O2S/c10-13-7(5-1-2-5)11-12-9(13)16-6-3-4-15-8(6)14/h5-6H,1-4,10H2/t6-/m1/s1. The maximum atomic E-state index is 11.3.